The van der Waals surface area contributed by atoms with Gasteiger partial charge in [0.25, 0.3) is 0 Å². The molecule has 1 amide bonds. The van der Waals surface area contributed by atoms with Gasteiger partial charge in [0.2, 0.25) is 5.91 Å². The zero-order valence-corrected chi connectivity index (χ0v) is 14.6. The summed E-state index contributed by atoms with van der Waals surface area (Å²) in [7, 11) is 0. The lowest BCUT2D eigenvalue weighted by molar-refractivity contribution is -0.121. The number of carbonyl (C=O) groups excluding carboxylic acids is 1. The highest BCUT2D eigenvalue weighted by molar-refractivity contribution is 5.76. The number of amides is 1. The van der Waals surface area contributed by atoms with E-state index in [0.29, 0.717) is 25.5 Å². The lowest BCUT2D eigenvalue weighted by Gasteiger charge is -2.23. The topological polar surface area (TPSA) is 51.2 Å². The molecule has 2 aromatic rings. The molecule has 0 spiro atoms. The van der Waals surface area contributed by atoms with E-state index < -0.39 is 0 Å². The number of hydrogen-bond donors (Lipinski definition) is 1. The van der Waals surface area contributed by atoms with E-state index in [1.807, 2.05) is 42.5 Å². The molecule has 0 aliphatic heterocycles. The van der Waals surface area contributed by atoms with Crippen LogP contribution < -0.4 is 10.1 Å². The molecule has 1 fully saturated rings. The molecule has 1 aliphatic carbocycles. The van der Waals surface area contributed by atoms with Crippen molar-refractivity contribution in [2.24, 2.45) is 0 Å². The standard InChI is InChI=1S/C21H26N2O2/c24-21(14-11-18-6-4-5-15-22-18)23-16-17-9-12-20(13-10-17)25-19-7-2-1-3-8-19/h4-6,9-10,12-13,15,19H,1-3,7-8,11,14,16H2,(H,23,24). The molecule has 0 unspecified atom stereocenters. The van der Waals surface area contributed by atoms with E-state index in [2.05, 4.69) is 10.3 Å². The quantitative estimate of drug-likeness (QED) is 0.829. The summed E-state index contributed by atoms with van der Waals surface area (Å²) in [5.41, 5.74) is 2.03. The van der Waals surface area contributed by atoms with E-state index in [0.717, 1.165) is 29.8 Å². The van der Waals surface area contributed by atoms with Gasteiger partial charge in [0, 0.05) is 24.9 Å². The molecule has 132 valence electrons. The van der Waals surface area contributed by atoms with Gasteiger partial charge in [-0.3, -0.25) is 9.78 Å². The highest BCUT2D eigenvalue weighted by atomic mass is 16.5. The Kier molecular flexibility index (Phi) is 6.43. The number of nitrogens with zero attached hydrogens (tertiary/aromatic N) is 1. The molecule has 1 heterocycles. The van der Waals surface area contributed by atoms with Crippen molar-refractivity contribution in [2.45, 2.75) is 57.6 Å². The molecule has 0 saturated heterocycles. The Morgan fingerprint density at radius 1 is 1.08 bits per heavy atom. The molecule has 1 aromatic heterocycles. The summed E-state index contributed by atoms with van der Waals surface area (Å²) in [5, 5.41) is 2.96. The van der Waals surface area contributed by atoms with Crippen molar-refractivity contribution in [2.75, 3.05) is 0 Å². The first kappa shape index (κ1) is 17.5. The molecule has 0 atom stereocenters. The molecular formula is C21H26N2O2. The van der Waals surface area contributed by atoms with E-state index in [4.69, 9.17) is 4.74 Å². The highest BCUT2D eigenvalue weighted by Crippen LogP contribution is 2.23. The first-order valence-corrected chi connectivity index (χ1v) is 9.22. The van der Waals surface area contributed by atoms with Crippen LogP contribution in [0.1, 0.15) is 49.8 Å². The summed E-state index contributed by atoms with van der Waals surface area (Å²) in [6.45, 7) is 0.546. The van der Waals surface area contributed by atoms with Gasteiger partial charge in [-0.05, 0) is 61.9 Å². The molecule has 1 aliphatic rings. The summed E-state index contributed by atoms with van der Waals surface area (Å²) in [4.78, 5) is 16.2. The van der Waals surface area contributed by atoms with Gasteiger partial charge in [-0.2, -0.15) is 0 Å². The molecule has 0 bridgehead atoms. The van der Waals surface area contributed by atoms with Crippen LogP contribution in [0, 0.1) is 0 Å². The van der Waals surface area contributed by atoms with Crippen LogP contribution in [0.3, 0.4) is 0 Å². The van der Waals surface area contributed by atoms with E-state index >= 15 is 0 Å². The number of benzene rings is 1. The second kappa shape index (κ2) is 9.21. The number of aromatic nitrogens is 1. The summed E-state index contributed by atoms with van der Waals surface area (Å²) in [6, 6.07) is 13.8. The minimum atomic E-state index is 0.0492. The van der Waals surface area contributed by atoms with Crippen LogP contribution in [0.15, 0.2) is 48.7 Å². The molecular weight excluding hydrogens is 312 g/mol. The number of hydrogen-bond acceptors (Lipinski definition) is 3. The van der Waals surface area contributed by atoms with E-state index in [-0.39, 0.29) is 5.91 Å². The van der Waals surface area contributed by atoms with Crippen molar-refractivity contribution in [3.63, 3.8) is 0 Å². The van der Waals surface area contributed by atoms with Crippen molar-refractivity contribution in [1.29, 1.82) is 0 Å². The third kappa shape index (κ3) is 5.89. The van der Waals surface area contributed by atoms with Gasteiger partial charge in [-0.1, -0.05) is 24.6 Å². The average molecular weight is 338 g/mol. The summed E-state index contributed by atoms with van der Waals surface area (Å²) >= 11 is 0. The van der Waals surface area contributed by atoms with Gasteiger partial charge >= 0.3 is 0 Å². The van der Waals surface area contributed by atoms with Crippen molar-refractivity contribution in [3.05, 3.63) is 59.9 Å². The van der Waals surface area contributed by atoms with Crippen LogP contribution in [-0.2, 0) is 17.8 Å². The summed E-state index contributed by atoms with van der Waals surface area (Å²) < 4.78 is 6.03. The maximum atomic E-state index is 12.0. The Bertz CT molecular complexity index is 649. The van der Waals surface area contributed by atoms with Crippen LogP contribution in [0.5, 0.6) is 5.75 Å². The van der Waals surface area contributed by atoms with E-state index in [1.54, 1.807) is 6.20 Å². The predicted molar refractivity (Wildman–Crippen MR) is 98.3 cm³/mol. The van der Waals surface area contributed by atoms with Gasteiger partial charge in [0.1, 0.15) is 5.75 Å². The Morgan fingerprint density at radius 2 is 1.88 bits per heavy atom. The predicted octanol–water partition coefficient (Wildman–Crippen LogP) is 4.04. The zero-order chi connectivity index (χ0) is 17.3. The van der Waals surface area contributed by atoms with Crippen molar-refractivity contribution in [1.82, 2.24) is 10.3 Å². The maximum absolute atomic E-state index is 12.0. The van der Waals surface area contributed by atoms with E-state index in [1.165, 1.54) is 19.3 Å². The zero-order valence-electron chi connectivity index (χ0n) is 14.6. The average Bonchev–Trinajstić information content (AvgIpc) is 2.67. The number of aryl methyl sites for hydroxylation is 1. The summed E-state index contributed by atoms with van der Waals surface area (Å²) in [6.07, 6.45) is 9.44. The van der Waals surface area contributed by atoms with Gasteiger partial charge in [0.05, 0.1) is 6.10 Å². The fraction of sp³-hybridized carbons (Fsp3) is 0.429. The van der Waals surface area contributed by atoms with Crippen LogP contribution in [0.25, 0.3) is 0 Å². The molecule has 0 radical (unpaired) electrons. The van der Waals surface area contributed by atoms with Crippen molar-refractivity contribution < 1.29 is 9.53 Å². The van der Waals surface area contributed by atoms with Crippen LogP contribution in [0.4, 0.5) is 0 Å². The van der Waals surface area contributed by atoms with Crippen LogP contribution in [0.2, 0.25) is 0 Å². The Balaban J connectivity index is 1.39. The van der Waals surface area contributed by atoms with Gasteiger partial charge in [-0.25, -0.2) is 0 Å². The number of nitrogens with one attached hydrogen (secondary N) is 1. The third-order valence-electron chi connectivity index (χ3n) is 4.60. The molecule has 25 heavy (non-hydrogen) atoms. The molecule has 4 nitrogen and oxygen atoms in total. The highest BCUT2D eigenvalue weighted by Gasteiger charge is 2.14. The van der Waals surface area contributed by atoms with Gasteiger partial charge in [0.15, 0.2) is 0 Å². The lowest BCUT2D eigenvalue weighted by atomic mass is 9.98. The van der Waals surface area contributed by atoms with Gasteiger partial charge in [-0.15, -0.1) is 0 Å². The number of carbonyl (C=O) groups is 1. The maximum Gasteiger partial charge on any atom is 0.220 e. The number of rotatable bonds is 7. The normalized spacial score (nSPS) is 14.9. The Labute approximate surface area is 149 Å². The lowest BCUT2D eigenvalue weighted by Crippen LogP contribution is -2.23. The smallest absolute Gasteiger partial charge is 0.220 e. The first-order chi connectivity index (χ1) is 12.3. The SMILES string of the molecule is O=C(CCc1ccccn1)NCc1ccc(OC2CCCCC2)cc1. The summed E-state index contributed by atoms with van der Waals surface area (Å²) in [5.74, 6) is 0.977. The third-order valence-corrected chi connectivity index (χ3v) is 4.60. The fourth-order valence-corrected chi connectivity index (χ4v) is 3.14. The Morgan fingerprint density at radius 3 is 2.60 bits per heavy atom. The second-order valence-corrected chi connectivity index (χ2v) is 6.62. The molecule has 1 aromatic carbocycles. The van der Waals surface area contributed by atoms with Crippen LogP contribution in [-0.4, -0.2) is 17.0 Å². The molecule has 1 N–H and O–H groups in total. The van der Waals surface area contributed by atoms with Gasteiger partial charge < -0.3 is 10.1 Å². The molecule has 4 heteroatoms. The molecule has 1 saturated carbocycles. The van der Waals surface area contributed by atoms with Crippen molar-refractivity contribution in [3.8, 4) is 5.75 Å². The monoisotopic (exact) mass is 338 g/mol. The number of ether oxygens (including phenoxy) is 1. The minimum absolute atomic E-state index is 0.0492. The minimum Gasteiger partial charge on any atom is -0.490 e. The Hall–Kier alpha value is -2.36. The second-order valence-electron chi connectivity index (χ2n) is 6.62. The molecule has 3 rings (SSSR count). The number of pyridine rings is 1. The first-order valence-electron chi connectivity index (χ1n) is 9.22. The fourth-order valence-electron chi connectivity index (χ4n) is 3.14. The largest absolute Gasteiger partial charge is 0.490 e. The van der Waals surface area contributed by atoms with Crippen LogP contribution >= 0.6 is 0 Å². The van der Waals surface area contributed by atoms with E-state index in [9.17, 15) is 4.79 Å². The van der Waals surface area contributed by atoms with Crippen molar-refractivity contribution >= 4 is 5.91 Å².